The van der Waals surface area contributed by atoms with Crippen LogP contribution in [0.1, 0.15) is 57.6 Å². The van der Waals surface area contributed by atoms with Gasteiger partial charge in [0.2, 0.25) is 0 Å². The molecule has 184 valence electrons. The lowest BCUT2D eigenvalue weighted by Crippen LogP contribution is -2.46. The summed E-state index contributed by atoms with van der Waals surface area (Å²) in [4.78, 5) is 36.2. The predicted molar refractivity (Wildman–Crippen MR) is 115 cm³/mol. The average Bonchev–Trinajstić information content (AvgIpc) is 2.98. The number of alkyl carbamates (subject to hydrolysis) is 1. The summed E-state index contributed by atoms with van der Waals surface area (Å²) in [5.41, 5.74) is 4.75. The third-order valence-electron chi connectivity index (χ3n) is 4.81. The molecule has 2 amide bonds. The summed E-state index contributed by atoms with van der Waals surface area (Å²) in [7, 11) is 0. The molecule has 2 rings (SSSR count). The minimum Gasteiger partial charge on any atom is -0.461 e. The number of aliphatic hydroxyl groups is 2. The molecule has 5 N–H and O–H groups in total. The molecule has 1 aliphatic rings. The van der Waals surface area contributed by atoms with Gasteiger partial charge in [0.05, 0.1) is 0 Å². The van der Waals surface area contributed by atoms with E-state index in [1.165, 1.54) is 16.8 Å². The monoisotopic (exact) mass is 468 g/mol. The highest BCUT2D eigenvalue weighted by molar-refractivity contribution is 5.92. The van der Waals surface area contributed by atoms with Crippen LogP contribution in [0.25, 0.3) is 0 Å². The van der Waals surface area contributed by atoms with Gasteiger partial charge in [0, 0.05) is 6.07 Å². The van der Waals surface area contributed by atoms with Gasteiger partial charge in [-0.2, -0.15) is 4.57 Å². The van der Waals surface area contributed by atoms with E-state index in [-0.39, 0.29) is 18.1 Å². The van der Waals surface area contributed by atoms with Crippen LogP contribution in [0, 0.1) is 5.92 Å². The van der Waals surface area contributed by atoms with Crippen molar-refractivity contribution in [1.82, 2.24) is 5.32 Å². The van der Waals surface area contributed by atoms with Crippen LogP contribution in [0.5, 0.6) is 0 Å². The Labute approximate surface area is 192 Å². The first-order valence-corrected chi connectivity index (χ1v) is 10.8. The lowest BCUT2D eigenvalue weighted by atomic mass is 10.0. The molecule has 0 aliphatic carbocycles. The number of hydrogen-bond acceptors (Lipinski definition) is 8. The smallest absolute Gasteiger partial charge is 0.408 e. The van der Waals surface area contributed by atoms with Gasteiger partial charge in [-0.25, -0.2) is 9.59 Å². The largest absolute Gasteiger partial charge is 0.461 e. The van der Waals surface area contributed by atoms with Gasteiger partial charge in [-0.15, -0.1) is 0 Å². The summed E-state index contributed by atoms with van der Waals surface area (Å²) in [6.07, 6.45) is -2.24. The van der Waals surface area contributed by atoms with Crippen LogP contribution in [0.3, 0.4) is 0 Å². The number of carbonyl (C=O) groups excluding carboxylic acids is 3. The molecule has 2 heterocycles. The van der Waals surface area contributed by atoms with Gasteiger partial charge in [-0.05, 0) is 39.2 Å². The molecule has 1 aliphatic heterocycles. The maximum Gasteiger partial charge on any atom is 0.408 e. The number of amides is 2. The minimum atomic E-state index is -1.35. The lowest BCUT2D eigenvalue weighted by molar-refractivity contribution is -0.765. The number of esters is 1. The van der Waals surface area contributed by atoms with Crippen molar-refractivity contribution in [1.29, 1.82) is 0 Å². The zero-order valence-electron chi connectivity index (χ0n) is 19.6. The number of ether oxygens (including phenoxy) is 3. The zero-order valence-corrected chi connectivity index (χ0v) is 19.6. The standard InChI is InChI=1S/C22H33N3O8/c1-12(2)9-14(24-21(30)33-22(3,4)5)20(29)31-11-15-16(26)17(27)19(32-15)25-8-6-7-13(10-25)18(23)28/h6-8,10,12,14-17,19,26-27H,9,11H2,1-5H3,(H2-,23,24,28,30)/p+1/t14-,15+,16+,17+,19+/m0/s1. The first-order valence-electron chi connectivity index (χ1n) is 10.8. The first kappa shape index (κ1) is 26.5. The maximum absolute atomic E-state index is 12.6. The van der Waals surface area contributed by atoms with E-state index in [1.807, 2.05) is 13.8 Å². The van der Waals surface area contributed by atoms with E-state index >= 15 is 0 Å². The summed E-state index contributed by atoms with van der Waals surface area (Å²) in [6, 6.07) is 2.10. The van der Waals surface area contributed by atoms with Gasteiger partial charge in [0.15, 0.2) is 18.5 Å². The number of primary amides is 1. The van der Waals surface area contributed by atoms with E-state index in [4.69, 9.17) is 19.9 Å². The number of pyridine rings is 1. The van der Waals surface area contributed by atoms with Gasteiger partial charge in [0.25, 0.3) is 12.1 Å². The normalized spacial score (nSPS) is 23.8. The fourth-order valence-corrected chi connectivity index (χ4v) is 3.31. The van der Waals surface area contributed by atoms with Crippen LogP contribution >= 0.6 is 0 Å². The molecule has 11 heteroatoms. The van der Waals surface area contributed by atoms with Gasteiger partial charge in [-0.1, -0.05) is 13.8 Å². The van der Waals surface area contributed by atoms with Crippen molar-refractivity contribution in [3.05, 3.63) is 30.1 Å². The molecule has 0 unspecified atom stereocenters. The summed E-state index contributed by atoms with van der Waals surface area (Å²) in [5.74, 6) is -1.30. The fraction of sp³-hybridized carbons (Fsp3) is 0.636. The van der Waals surface area contributed by atoms with Crippen LogP contribution in [-0.4, -0.2) is 64.7 Å². The van der Waals surface area contributed by atoms with Gasteiger partial charge in [-0.3, -0.25) is 4.79 Å². The second kappa shape index (κ2) is 10.9. The molecule has 0 aromatic carbocycles. The molecule has 0 saturated carbocycles. The molecule has 0 spiro atoms. The summed E-state index contributed by atoms with van der Waals surface area (Å²) in [5, 5.41) is 23.3. The molecule has 1 fully saturated rings. The van der Waals surface area contributed by atoms with Crippen LogP contribution in [0.15, 0.2) is 24.5 Å². The fourth-order valence-electron chi connectivity index (χ4n) is 3.31. The Bertz CT molecular complexity index is 854. The third-order valence-corrected chi connectivity index (χ3v) is 4.81. The van der Waals surface area contributed by atoms with Crippen LogP contribution in [0.4, 0.5) is 4.79 Å². The SMILES string of the molecule is CC(C)C[C@H](NC(=O)OC(C)(C)C)C(=O)OC[C@H]1O[C@@H]([n+]2cccc(C(N)=O)c2)[C@H](O)[C@@H]1O. The van der Waals surface area contributed by atoms with Gasteiger partial charge in [0.1, 0.15) is 36.0 Å². The molecule has 1 saturated heterocycles. The Morgan fingerprint density at radius 1 is 1.24 bits per heavy atom. The third kappa shape index (κ3) is 7.65. The molecule has 1 aromatic heterocycles. The van der Waals surface area contributed by atoms with E-state index in [9.17, 15) is 24.6 Å². The number of nitrogens with zero attached hydrogens (tertiary/aromatic N) is 1. The Balaban J connectivity index is 2.02. The first-order chi connectivity index (χ1) is 15.3. The number of aromatic nitrogens is 1. The van der Waals surface area contributed by atoms with Crippen molar-refractivity contribution in [3.8, 4) is 0 Å². The number of hydrogen-bond donors (Lipinski definition) is 4. The number of rotatable bonds is 8. The summed E-state index contributed by atoms with van der Waals surface area (Å²) < 4.78 is 17.6. The van der Waals surface area contributed by atoms with Crippen molar-refractivity contribution in [3.63, 3.8) is 0 Å². The molecular formula is C22H34N3O8+. The summed E-state index contributed by atoms with van der Waals surface area (Å²) >= 11 is 0. The van der Waals surface area contributed by atoms with Gasteiger partial charge < -0.3 is 35.5 Å². The van der Waals surface area contributed by atoms with Crippen molar-refractivity contribution in [2.24, 2.45) is 11.7 Å². The van der Waals surface area contributed by atoms with E-state index in [2.05, 4.69) is 5.32 Å². The number of nitrogens with one attached hydrogen (secondary N) is 1. The predicted octanol–water partition coefficient (Wildman–Crippen LogP) is 0.175. The Hall–Kier alpha value is -2.76. The van der Waals surface area contributed by atoms with Crippen molar-refractivity contribution >= 4 is 18.0 Å². The van der Waals surface area contributed by atoms with Gasteiger partial charge >= 0.3 is 12.1 Å². The van der Waals surface area contributed by atoms with Crippen molar-refractivity contribution < 1.29 is 43.4 Å². The van der Waals surface area contributed by atoms with Crippen LogP contribution < -0.4 is 15.6 Å². The molecule has 1 aromatic rings. The van der Waals surface area contributed by atoms with E-state index < -0.39 is 54.2 Å². The van der Waals surface area contributed by atoms with E-state index in [1.54, 1.807) is 33.0 Å². The number of nitrogens with two attached hydrogens (primary N) is 1. The molecular weight excluding hydrogens is 434 g/mol. The topological polar surface area (TPSA) is 161 Å². The van der Waals surface area contributed by atoms with Crippen LogP contribution in [-0.2, 0) is 19.0 Å². The Morgan fingerprint density at radius 3 is 2.48 bits per heavy atom. The number of carbonyl (C=O) groups is 3. The molecule has 0 bridgehead atoms. The zero-order chi connectivity index (χ0) is 24.9. The minimum absolute atomic E-state index is 0.0749. The van der Waals surface area contributed by atoms with E-state index in [0.717, 1.165) is 0 Å². The Kier molecular flexibility index (Phi) is 8.76. The quantitative estimate of drug-likeness (QED) is 0.310. The van der Waals surface area contributed by atoms with Crippen LogP contribution in [0.2, 0.25) is 0 Å². The number of aliphatic hydroxyl groups excluding tert-OH is 2. The maximum atomic E-state index is 12.6. The highest BCUT2D eigenvalue weighted by atomic mass is 16.6. The second-order valence-electron chi connectivity index (χ2n) is 9.41. The van der Waals surface area contributed by atoms with E-state index in [0.29, 0.717) is 6.42 Å². The lowest BCUT2D eigenvalue weighted by Gasteiger charge is -2.24. The van der Waals surface area contributed by atoms with Crippen molar-refractivity contribution in [2.75, 3.05) is 6.61 Å². The van der Waals surface area contributed by atoms with Crippen molar-refractivity contribution in [2.45, 2.75) is 77.2 Å². The molecule has 33 heavy (non-hydrogen) atoms. The summed E-state index contributed by atoms with van der Waals surface area (Å²) in [6.45, 7) is 8.55. The average molecular weight is 469 g/mol. The molecule has 0 radical (unpaired) electrons. The molecule has 11 nitrogen and oxygen atoms in total. The Morgan fingerprint density at radius 2 is 1.91 bits per heavy atom. The highest BCUT2D eigenvalue weighted by Gasteiger charge is 2.49. The molecule has 5 atom stereocenters. The highest BCUT2D eigenvalue weighted by Crippen LogP contribution is 2.26. The second-order valence-corrected chi connectivity index (χ2v) is 9.41.